The van der Waals surface area contributed by atoms with Crippen molar-refractivity contribution in [3.63, 3.8) is 0 Å². The Bertz CT molecular complexity index is 498. The molecule has 1 heterocycles. The van der Waals surface area contributed by atoms with Crippen LogP contribution in [0.4, 0.5) is 5.69 Å². The highest BCUT2D eigenvalue weighted by Crippen LogP contribution is 2.33. The largest absolute Gasteiger partial charge is 0.397 e. The molecule has 2 rings (SSSR count). The predicted molar refractivity (Wildman–Crippen MR) is 64.1 cm³/mol. The molecular weight excluding hydrogens is 231 g/mol. The molecule has 0 bridgehead atoms. The van der Waals surface area contributed by atoms with Crippen LogP contribution < -0.4 is 5.73 Å². The smallest absolute Gasteiger partial charge is 0.0671 e. The van der Waals surface area contributed by atoms with Crippen molar-refractivity contribution < 1.29 is 0 Å². The zero-order valence-electron chi connectivity index (χ0n) is 7.74. The lowest BCUT2D eigenvalue weighted by atomic mass is 10.1. The molecule has 0 aliphatic heterocycles. The van der Waals surface area contributed by atoms with Crippen molar-refractivity contribution in [3.8, 4) is 11.1 Å². The number of anilines is 1. The monoisotopic (exact) mass is 238 g/mol. The Kier molecular flexibility index (Phi) is 2.80. The number of pyridine rings is 1. The number of nitrogens with zero attached hydrogens (tertiary/aromatic N) is 1. The molecule has 0 unspecified atom stereocenters. The lowest BCUT2D eigenvalue weighted by Crippen LogP contribution is -1.88. The number of nitrogen functional groups attached to an aromatic ring is 1. The van der Waals surface area contributed by atoms with E-state index in [2.05, 4.69) is 4.98 Å². The summed E-state index contributed by atoms with van der Waals surface area (Å²) in [4.78, 5) is 4.00. The van der Waals surface area contributed by atoms with E-state index in [1.54, 1.807) is 18.5 Å². The third kappa shape index (κ3) is 2.06. The Morgan fingerprint density at radius 2 is 1.93 bits per heavy atom. The number of hydrogen-bond donors (Lipinski definition) is 1. The third-order valence-corrected chi connectivity index (χ3v) is 2.84. The number of nitrogens with two attached hydrogens (primary N) is 1. The molecule has 0 fully saturated rings. The molecule has 1 aromatic carbocycles. The highest BCUT2D eigenvalue weighted by molar-refractivity contribution is 6.43. The first-order chi connectivity index (χ1) is 7.18. The summed E-state index contributed by atoms with van der Waals surface area (Å²) in [5.74, 6) is 0. The molecule has 2 aromatic rings. The van der Waals surface area contributed by atoms with E-state index >= 15 is 0 Å². The van der Waals surface area contributed by atoms with E-state index in [1.165, 1.54) is 0 Å². The maximum Gasteiger partial charge on any atom is 0.0671 e. The molecule has 0 spiro atoms. The summed E-state index contributed by atoms with van der Waals surface area (Å²) in [7, 11) is 0. The maximum atomic E-state index is 6.08. The number of benzene rings is 1. The van der Waals surface area contributed by atoms with Crippen molar-refractivity contribution in [1.82, 2.24) is 4.98 Å². The molecule has 0 saturated carbocycles. The van der Waals surface area contributed by atoms with Gasteiger partial charge in [0.2, 0.25) is 0 Å². The van der Waals surface area contributed by atoms with Crippen LogP contribution in [-0.2, 0) is 0 Å². The van der Waals surface area contributed by atoms with E-state index in [0.717, 1.165) is 11.1 Å². The molecule has 0 atom stereocenters. The fraction of sp³-hybridized carbons (Fsp3) is 0. The maximum absolute atomic E-state index is 6.08. The van der Waals surface area contributed by atoms with E-state index < -0.39 is 0 Å². The first-order valence-electron chi connectivity index (χ1n) is 4.33. The Hall–Kier alpha value is -1.25. The van der Waals surface area contributed by atoms with E-state index in [0.29, 0.717) is 15.7 Å². The van der Waals surface area contributed by atoms with Crippen LogP contribution in [0.3, 0.4) is 0 Å². The third-order valence-electron chi connectivity index (χ3n) is 2.02. The molecule has 0 amide bonds. The Labute approximate surface area is 97.7 Å². The minimum atomic E-state index is 0.520. The number of hydrogen-bond acceptors (Lipinski definition) is 2. The topological polar surface area (TPSA) is 38.9 Å². The number of halogens is 2. The zero-order valence-corrected chi connectivity index (χ0v) is 9.26. The van der Waals surface area contributed by atoms with Crippen LogP contribution in [-0.4, -0.2) is 4.98 Å². The van der Waals surface area contributed by atoms with Gasteiger partial charge in [0.25, 0.3) is 0 Å². The molecule has 1 aromatic heterocycles. The van der Waals surface area contributed by atoms with Gasteiger partial charge < -0.3 is 5.73 Å². The van der Waals surface area contributed by atoms with Gasteiger partial charge in [-0.15, -0.1) is 0 Å². The lowest BCUT2D eigenvalue weighted by molar-refractivity contribution is 1.33. The second-order valence-corrected chi connectivity index (χ2v) is 3.89. The molecule has 0 radical (unpaired) electrons. The van der Waals surface area contributed by atoms with Crippen LogP contribution in [0.2, 0.25) is 10.0 Å². The van der Waals surface area contributed by atoms with E-state index in [-0.39, 0.29) is 0 Å². The van der Waals surface area contributed by atoms with Crippen LogP contribution in [0.1, 0.15) is 0 Å². The van der Waals surface area contributed by atoms with Crippen molar-refractivity contribution in [2.45, 2.75) is 0 Å². The second-order valence-electron chi connectivity index (χ2n) is 3.11. The normalized spacial score (nSPS) is 10.3. The van der Waals surface area contributed by atoms with Crippen molar-refractivity contribution in [1.29, 1.82) is 0 Å². The minimum absolute atomic E-state index is 0.520. The Balaban J connectivity index is 2.59. The summed E-state index contributed by atoms with van der Waals surface area (Å²) >= 11 is 12.0. The molecular formula is C11H8Cl2N2. The Morgan fingerprint density at radius 1 is 1.13 bits per heavy atom. The molecule has 0 aliphatic rings. The van der Waals surface area contributed by atoms with Gasteiger partial charge in [0.05, 0.1) is 15.7 Å². The summed E-state index contributed by atoms with van der Waals surface area (Å²) in [6.07, 6.45) is 3.29. The summed E-state index contributed by atoms with van der Waals surface area (Å²) in [5.41, 5.74) is 7.95. The lowest BCUT2D eigenvalue weighted by Gasteiger charge is -2.05. The van der Waals surface area contributed by atoms with Crippen molar-refractivity contribution in [2.75, 3.05) is 5.73 Å². The molecule has 4 heteroatoms. The average molecular weight is 239 g/mol. The molecule has 76 valence electrons. The van der Waals surface area contributed by atoms with Gasteiger partial charge in [-0.2, -0.15) is 0 Å². The SMILES string of the molecule is Nc1cncc(-c2cccc(Cl)c2Cl)c1. The van der Waals surface area contributed by atoms with Crippen LogP contribution >= 0.6 is 23.2 Å². The van der Waals surface area contributed by atoms with Crippen LogP contribution in [0.5, 0.6) is 0 Å². The fourth-order valence-corrected chi connectivity index (χ4v) is 1.74. The fourth-order valence-electron chi connectivity index (χ4n) is 1.33. The first kappa shape index (κ1) is 10.3. The highest BCUT2D eigenvalue weighted by Gasteiger charge is 2.06. The summed E-state index contributed by atoms with van der Waals surface area (Å²) in [5, 5.41) is 1.04. The standard InChI is InChI=1S/C11H8Cl2N2/c12-10-3-1-2-9(11(10)13)7-4-8(14)6-15-5-7/h1-6H,14H2. The second kappa shape index (κ2) is 4.09. The van der Waals surface area contributed by atoms with Crippen molar-refractivity contribution in [3.05, 3.63) is 46.7 Å². The first-order valence-corrected chi connectivity index (χ1v) is 5.09. The molecule has 0 saturated heterocycles. The minimum Gasteiger partial charge on any atom is -0.397 e. The predicted octanol–water partition coefficient (Wildman–Crippen LogP) is 3.64. The van der Waals surface area contributed by atoms with Crippen LogP contribution in [0, 0.1) is 0 Å². The Morgan fingerprint density at radius 3 is 2.67 bits per heavy atom. The van der Waals surface area contributed by atoms with E-state index in [1.807, 2.05) is 18.2 Å². The van der Waals surface area contributed by atoms with Crippen molar-refractivity contribution in [2.24, 2.45) is 0 Å². The quantitative estimate of drug-likeness (QED) is 0.825. The summed E-state index contributed by atoms with van der Waals surface area (Å²) in [6.45, 7) is 0. The van der Waals surface area contributed by atoms with Gasteiger partial charge in [-0.3, -0.25) is 4.98 Å². The van der Waals surface area contributed by atoms with Crippen molar-refractivity contribution >= 4 is 28.9 Å². The number of aromatic nitrogens is 1. The zero-order chi connectivity index (χ0) is 10.8. The summed E-state index contributed by atoms with van der Waals surface area (Å²) < 4.78 is 0. The van der Waals surface area contributed by atoms with Gasteiger partial charge in [-0.05, 0) is 12.1 Å². The van der Waals surface area contributed by atoms with Gasteiger partial charge >= 0.3 is 0 Å². The van der Waals surface area contributed by atoms with Gasteiger partial charge in [0.15, 0.2) is 0 Å². The van der Waals surface area contributed by atoms with E-state index in [4.69, 9.17) is 28.9 Å². The molecule has 2 N–H and O–H groups in total. The average Bonchev–Trinajstić information content (AvgIpc) is 2.22. The molecule has 2 nitrogen and oxygen atoms in total. The van der Waals surface area contributed by atoms with Gasteiger partial charge in [0.1, 0.15) is 0 Å². The van der Waals surface area contributed by atoms with Gasteiger partial charge in [-0.1, -0.05) is 35.3 Å². The highest BCUT2D eigenvalue weighted by atomic mass is 35.5. The van der Waals surface area contributed by atoms with Crippen LogP contribution in [0.15, 0.2) is 36.7 Å². The van der Waals surface area contributed by atoms with Crippen LogP contribution in [0.25, 0.3) is 11.1 Å². The van der Waals surface area contributed by atoms with Gasteiger partial charge in [-0.25, -0.2) is 0 Å². The molecule has 15 heavy (non-hydrogen) atoms. The number of rotatable bonds is 1. The summed E-state index contributed by atoms with van der Waals surface area (Å²) in [6, 6.07) is 7.27. The molecule has 0 aliphatic carbocycles. The van der Waals surface area contributed by atoms with Gasteiger partial charge in [0, 0.05) is 23.5 Å². The van der Waals surface area contributed by atoms with E-state index in [9.17, 15) is 0 Å².